The Morgan fingerprint density at radius 3 is 2.77 bits per heavy atom. The number of hydrogen-bond donors (Lipinski definition) is 1. The molecule has 1 N–H and O–H groups in total. The van der Waals surface area contributed by atoms with Gasteiger partial charge in [-0.3, -0.25) is 15.1 Å². The van der Waals surface area contributed by atoms with Gasteiger partial charge in [0, 0.05) is 29.8 Å². The second-order valence-corrected chi connectivity index (χ2v) is 12.6. The number of pyridine rings is 1. The molecule has 0 spiro atoms. The summed E-state index contributed by atoms with van der Waals surface area (Å²) < 4.78 is 33.4. The standard InChI is InChI=1S/C27H31N7O4S/c1-17-12-19-13-23(29-17)21-15-28-33(3)26(21)38-9-8-37-18(2)16-34-24-14-20(32-39(36)10-4-5-11-39)6-7-22(24)30-27(34)31-25(19)35/h6-7,12-15,18H,4-5,8-11,16H2,1-3H3,(H,30,31,35). The second-order valence-electron chi connectivity index (χ2n) is 10.1. The maximum Gasteiger partial charge on any atom is 0.258 e. The summed E-state index contributed by atoms with van der Waals surface area (Å²) in [5.74, 6) is 1.91. The van der Waals surface area contributed by atoms with Crippen molar-refractivity contribution in [3.05, 3.63) is 47.8 Å². The molecule has 2 aliphatic heterocycles. The topological polar surface area (TPSA) is 126 Å². The number of ether oxygens (including phenoxy) is 2. The molecule has 1 unspecified atom stereocenters. The van der Waals surface area contributed by atoms with Gasteiger partial charge in [-0.1, -0.05) is 0 Å². The van der Waals surface area contributed by atoms with Gasteiger partial charge in [-0.2, -0.15) is 9.46 Å². The van der Waals surface area contributed by atoms with Crippen LogP contribution in [0.5, 0.6) is 5.88 Å². The minimum atomic E-state index is -2.22. The van der Waals surface area contributed by atoms with Crippen molar-refractivity contribution in [2.24, 2.45) is 11.4 Å². The average molecular weight is 550 g/mol. The number of amides is 1. The summed E-state index contributed by atoms with van der Waals surface area (Å²) in [7, 11) is -0.424. The summed E-state index contributed by atoms with van der Waals surface area (Å²) in [5.41, 5.74) is 4.56. The number of benzene rings is 1. The highest BCUT2D eigenvalue weighted by Crippen LogP contribution is 2.31. The van der Waals surface area contributed by atoms with Crippen LogP contribution in [-0.4, -0.2) is 65.3 Å². The van der Waals surface area contributed by atoms with Crippen LogP contribution in [0.2, 0.25) is 0 Å². The van der Waals surface area contributed by atoms with Gasteiger partial charge in [-0.25, -0.2) is 13.9 Å². The molecular weight excluding hydrogens is 518 g/mol. The van der Waals surface area contributed by atoms with E-state index in [9.17, 15) is 9.00 Å². The molecule has 4 aromatic rings. The Bertz CT molecular complexity index is 1690. The first-order chi connectivity index (χ1) is 18.8. The lowest BCUT2D eigenvalue weighted by Crippen LogP contribution is -2.22. The van der Waals surface area contributed by atoms with Crippen molar-refractivity contribution in [1.82, 2.24) is 24.3 Å². The van der Waals surface area contributed by atoms with Crippen molar-refractivity contribution in [1.29, 1.82) is 0 Å². The van der Waals surface area contributed by atoms with E-state index < -0.39 is 9.73 Å². The number of carbonyl (C=O) groups is 1. The van der Waals surface area contributed by atoms with Crippen molar-refractivity contribution < 1.29 is 18.5 Å². The van der Waals surface area contributed by atoms with Crippen molar-refractivity contribution in [3.8, 4) is 17.1 Å². The number of anilines is 1. The van der Waals surface area contributed by atoms with E-state index in [2.05, 4.69) is 19.8 Å². The van der Waals surface area contributed by atoms with Crippen LogP contribution in [0.25, 0.3) is 22.3 Å². The molecule has 1 amide bonds. The predicted octanol–water partition coefficient (Wildman–Crippen LogP) is 4.08. The lowest BCUT2D eigenvalue weighted by molar-refractivity contribution is 0.0344. The molecule has 0 radical (unpaired) electrons. The number of rotatable bonds is 1. The molecule has 1 atom stereocenters. The van der Waals surface area contributed by atoms with Gasteiger partial charge in [0.05, 0.1) is 63.2 Å². The first-order valence-electron chi connectivity index (χ1n) is 13.1. The van der Waals surface area contributed by atoms with Gasteiger partial charge in [-0.15, -0.1) is 0 Å². The summed E-state index contributed by atoms with van der Waals surface area (Å²) in [6.45, 7) is 4.92. The van der Waals surface area contributed by atoms with E-state index >= 15 is 0 Å². The Morgan fingerprint density at radius 1 is 1.13 bits per heavy atom. The number of aryl methyl sites for hydroxylation is 2. The minimum Gasteiger partial charge on any atom is -0.475 e. The van der Waals surface area contributed by atoms with Crippen molar-refractivity contribution >= 4 is 38.3 Å². The van der Waals surface area contributed by atoms with Gasteiger partial charge < -0.3 is 14.0 Å². The molecular formula is C27H31N7O4S. The second kappa shape index (κ2) is 10.1. The molecule has 5 heterocycles. The fraction of sp³-hybridized carbons (Fsp3) is 0.407. The number of nitrogens with one attached hydrogen (secondary N) is 1. The van der Waals surface area contributed by atoms with E-state index in [0.717, 1.165) is 18.4 Å². The maximum atomic E-state index is 13.5. The molecule has 1 aromatic carbocycles. The van der Waals surface area contributed by atoms with Gasteiger partial charge >= 0.3 is 0 Å². The summed E-state index contributed by atoms with van der Waals surface area (Å²) >= 11 is 0. The number of fused-ring (bicyclic) bond motifs is 7. The van der Waals surface area contributed by atoms with Crippen LogP contribution in [-0.2, 0) is 28.1 Å². The van der Waals surface area contributed by atoms with Crippen LogP contribution in [0.15, 0.2) is 40.9 Å². The number of aromatic nitrogens is 5. The quantitative estimate of drug-likeness (QED) is 0.379. The van der Waals surface area contributed by atoms with Gasteiger partial charge in [0.2, 0.25) is 11.8 Å². The molecule has 11 nitrogen and oxygen atoms in total. The molecule has 0 saturated carbocycles. The Kier molecular flexibility index (Phi) is 6.59. The highest BCUT2D eigenvalue weighted by molar-refractivity contribution is 7.93. The molecule has 39 heavy (non-hydrogen) atoms. The van der Waals surface area contributed by atoms with E-state index in [-0.39, 0.29) is 12.0 Å². The van der Waals surface area contributed by atoms with Gasteiger partial charge in [0.1, 0.15) is 6.61 Å². The first kappa shape index (κ1) is 25.5. The van der Waals surface area contributed by atoms with E-state index in [0.29, 0.717) is 76.8 Å². The van der Waals surface area contributed by atoms with E-state index in [1.54, 1.807) is 30.1 Å². The van der Waals surface area contributed by atoms with Crippen LogP contribution in [0, 0.1) is 6.92 Å². The van der Waals surface area contributed by atoms with Crippen molar-refractivity contribution in [2.45, 2.75) is 39.3 Å². The van der Waals surface area contributed by atoms with Crippen LogP contribution >= 0.6 is 0 Å². The van der Waals surface area contributed by atoms with Crippen LogP contribution in [0.4, 0.5) is 11.6 Å². The first-order valence-corrected chi connectivity index (χ1v) is 14.9. The summed E-state index contributed by atoms with van der Waals surface area (Å²) in [4.78, 5) is 22.9. The lowest BCUT2D eigenvalue weighted by atomic mass is 10.1. The molecule has 1 saturated heterocycles. The minimum absolute atomic E-state index is 0.213. The Labute approximate surface area is 226 Å². The third-order valence-electron chi connectivity index (χ3n) is 6.95. The number of nitrogens with zero attached hydrogens (tertiary/aromatic N) is 6. The Balaban J connectivity index is 1.44. The summed E-state index contributed by atoms with van der Waals surface area (Å²) in [5, 5.41) is 7.32. The zero-order valence-electron chi connectivity index (χ0n) is 22.2. The Hall–Kier alpha value is -3.77. The normalized spacial score (nSPS) is 19.4. The van der Waals surface area contributed by atoms with Gasteiger partial charge in [-0.05, 0) is 57.0 Å². The summed E-state index contributed by atoms with van der Waals surface area (Å²) in [6.07, 6.45) is 3.35. The van der Waals surface area contributed by atoms with E-state index in [1.165, 1.54) is 0 Å². The van der Waals surface area contributed by atoms with Gasteiger partial charge in [0.15, 0.2) is 0 Å². The highest BCUT2D eigenvalue weighted by Gasteiger charge is 2.22. The Morgan fingerprint density at radius 2 is 1.95 bits per heavy atom. The average Bonchev–Trinajstić information content (AvgIpc) is 3.58. The maximum absolute atomic E-state index is 13.5. The SMILES string of the molecule is Cc1cc2cc(n1)-c1cnn(C)c1OCCOC(C)Cn1c(nc3ccc(N=S4(=O)CCCC4)cc31)NC2=O. The molecule has 12 heteroatoms. The third kappa shape index (κ3) is 5.13. The zero-order chi connectivity index (χ0) is 27.1. The third-order valence-corrected chi connectivity index (χ3v) is 9.34. The molecule has 6 rings (SSSR count). The molecule has 2 bridgehead atoms. The summed E-state index contributed by atoms with van der Waals surface area (Å²) in [6, 6.07) is 9.05. The fourth-order valence-corrected chi connectivity index (χ4v) is 7.27. The fourth-order valence-electron chi connectivity index (χ4n) is 5.07. The molecule has 204 valence electrons. The van der Waals surface area contributed by atoms with Gasteiger partial charge in [0.25, 0.3) is 5.91 Å². The number of imidazole rings is 1. The van der Waals surface area contributed by atoms with Crippen molar-refractivity contribution in [2.75, 3.05) is 30.0 Å². The number of carbonyl (C=O) groups excluding carboxylic acids is 1. The molecule has 2 aliphatic rings. The monoisotopic (exact) mass is 549 g/mol. The smallest absolute Gasteiger partial charge is 0.258 e. The molecule has 1 fully saturated rings. The van der Waals surface area contributed by atoms with Crippen LogP contribution < -0.4 is 10.1 Å². The van der Waals surface area contributed by atoms with E-state index in [4.69, 9.17) is 14.5 Å². The predicted molar refractivity (Wildman–Crippen MR) is 149 cm³/mol. The zero-order valence-corrected chi connectivity index (χ0v) is 23.0. The van der Waals surface area contributed by atoms with Crippen LogP contribution in [0.1, 0.15) is 35.8 Å². The molecule has 3 aromatic heterocycles. The largest absolute Gasteiger partial charge is 0.475 e. The van der Waals surface area contributed by atoms with Crippen molar-refractivity contribution in [3.63, 3.8) is 0 Å². The number of hydrogen-bond acceptors (Lipinski definition) is 8. The van der Waals surface area contributed by atoms with E-state index in [1.807, 2.05) is 36.6 Å². The molecule has 0 aliphatic carbocycles. The highest BCUT2D eigenvalue weighted by atomic mass is 32.2. The van der Waals surface area contributed by atoms with Crippen LogP contribution in [0.3, 0.4) is 0 Å². The lowest BCUT2D eigenvalue weighted by Gasteiger charge is -2.17.